The van der Waals surface area contributed by atoms with Crippen molar-refractivity contribution in [2.75, 3.05) is 6.54 Å². The summed E-state index contributed by atoms with van der Waals surface area (Å²) in [5, 5.41) is 11.8. The molecule has 1 aromatic heterocycles. The molecule has 2 atom stereocenters. The molecule has 0 saturated heterocycles. The number of nitrogens with one attached hydrogen (secondary N) is 1. The highest BCUT2D eigenvalue weighted by molar-refractivity contribution is 7.17. The van der Waals surface area contributed by atoms with Crippen molar-refractivity contribution in [2.45, 2.75) is 38.2 Å². The zero-order chi connectivity index (χ0) is 20.8. The molecule has 8 heteroatoms. The maximum atomic E-state index is 12.3. The van der Waals surface area contributed by atoms with Gasteiger partial charge in [-0.2, -0.15) is 0 Å². The number of ether oxygens (including phenoxy) is 1. The number of benzene rings is 1. The summed E-state index contributed by atoms with van der Waals surface area (Å²) >= 11 is 7.03. The van der Waals surface area contributed by atoms with Crippen LogP contribution in [0.5, 0.6) is 5.75 Å². The predicted molar refractivity (Wildman–Crippen MR) is 111 cm³/mol. The zero-order valence-corrected chi connectivity index (χ0v) is 17.3. The molecule has 1 aromatic carbocycles. The summed E-state index contributed by atoms with van der Waals surface area (Å²) in [6.07, 6.45) is 2.64. The monoisotopic (exact) mass is 435 g/mol. The number of carbonyl (C=O) groups excluding carboxylic acids is 2. The van der Waals surface area contributed by atoms with Gasteiger partial charge in [-0.1, -0.05) is 11.6 Å². The second-order valence-electron chi connectivity index (χ2n) is 7.00. The average Bonchev–Trinajstić information content (AvgIpc) is 3.35. The summed E-state index contributed by atoms with van der Waals surface area (Å²) < 4.78 is 6.39. The van der Waals surface area contributed by atoms with Gasteiger partial charge in [0.05, 0.1) is 21.2 Å². The number of ketones is 1. The van der Waals surface area contributed by atoms with Gasteiger partial charge in [0.1, 0.15) is 5.75 Å². The van der Waals surface area contributed by atoms with Crippen molar-refractivity contribution in [3.8, 4) is 5.75 Å². The maximum absolute atomic E-state index is 12.3. The minimum Gasteiger partial charge on any atom is -0.490 e. The quantitative estimate of drug-likeness (QED) is 0.449. The third-order valence-corrected chi connectivity index (χ3v) is 6.11. The second-order valence-corrected chi connectivity index (χ2v) is 8.71. The number of Topliss-reactive ketones (excluding diaryl/α,β-unsaturated/α-hetero) is 1. The van der Waals surface area contributed by atoms with Crippen LogP contribution in [-0.4, -0.2) is 35.4 Å². The number of carbonyl (C=O) groups is 3. The van der Waals surface area contributed by atoms with Crippen LogP contribution in [0.15, 0.2) is 36.4 Å². The highest BCUT2D eigenvalue weighted by atomic mass is 35.5. The van der Waals surface area contributed by atoms with Crippen LogP contribution < -0.4 is 10.1 Å². The van der Waals surface area contributed by atoms with Gasteiger partial charge < -0.3 is 15.2 Å². The standard InChI is InChI=1S/C21H22ClNO5S/c22-19-10-9-18(29-19)20(25)23-11-1-2-17(24)13-3-6-15(7-4-13)28-16-8-5-14(12-16)21(26)27/h3-4,6-7,9-10,14,16H,1-2,5,8,11-12H2,(H,23,25)(H,26,27)/t14-,16+/m0/s1. The Morgan fingerprint density at radius 3 is 2.52 bits per heavy atom. The fourth-order valence-electron chi connectivity index (χ4n) is 3.30. The number of rotatable bonds is 9. The van der Waals surface area contributed by atoms with Crippen LogP contribution in [0.2, 0.25) is 4.34 Å². The van der Waals surface area contributed by atoms with Crippen LogP contribution in [0.25, 0.3) is 0 Å². The SMILES string of the molecule is O=C(CCCNC(=O)c1ccc(Cl)s1)c1ccc(O[C@@H]2CC[C@H](C(=O)O)C2)cc1. The fourth-order valence-corrected chi connectivity index (χ4v) is 4.26. The van der Waals surface area contributed by atoms with E-state index in [0.29, 0.717) is 52.8 Å². The van der Waals surface area contributed by atoms with Gasteiger partial charge in [-0.25, -0.2) is 0 Å². The number of amides is 1. The van der Waals surface area contributed by atoms with Crippen molar-refractivity contribution in [3.05, 3.63) is 51.2 Å². The smallest absolute Gasteiger partial charge is 0.306 e. The number of thiophene rings is 1. The summed E-state index contributed by atoms with van der Waals surface area (Å²) in [4.78, 5) is 35.8. The first-order valence-electron chi connectivity index (χ1n) is 9.48. The summed E-state index contributed by atoms with van der Waals surface area (Å²) in [7, 11) is 0. The third kappa shape index (κ3) is 6.05. The van der Waals surface area contributed by atoms with Crippen LogP contribution in [0.4, 0.5) is 0 Å². The lowest BCUT2D eigenvalue weighted by atomic mass is 10.1. The van der Waals surface area contributed by atoms with Crippen molar-refractivity contribution in [1.82, 2.24) is 5.32 Å². The summed E-state index contributed by atoms with van der Waals surface area (Å²) in [5.41, 5.74) is 0.587. The Hall–Kier alpha value is -2.38. The van der Waals surface area contributed by atoms with Crippen molar-refractivity contribution in [2.24, 2.45) is 5.92 Å². The molecule has 154 valence electrons. The van der Waals surface area contributed by atoms with E-state index in [1.54, 1.807) is 36.4 Å². The molecule has 1 aliphatic rings. The first-order chi connectivity index (χ1) is 13.9. The maximum Gasteiger partial charge on any atom is 0.306 e. The lowest BCUT2D eigenvalue weighted by Crippen LogP contribution is -2.24. The summed E-state index contributed by atoms with van der Waals surface area (Å²) in [6, 6.07) is 10.3. The predicted octanol–water partition coefficient (Wildman–Crippen LogP) is 4.43. The third-order valence-electron chi connectivity index (χ3n) is 4.88. The molecule has 2 aromatic rings. The van der Waals surface area contributed by atoms with Crippen molar-refractivity contribution >= 4 is 40.6 Å². The Morgan fingerprint density at radius 1 is 1.14 bits per heavy atom. The van der Waals surface area contributed by atoms with Gasteiger partial charge >= 0.3 is 5.97 Å². The lowest BCUT2D eigenvalue weighted by Gasteiger charge is -2.13. The van der Waals surface area contributed by atoms with E-state index < -0.39 is 5.97 Å². The average molecular weight is 436 g/mol. The van der Waals surface area contributed by atoms with Gasteiger partial charge in [-0.15, -0.1) is 11.3 Å². The van der Waals surface area contributed by atoms with Gasteiger partial charge in [0, 0.05) is 18.5 Å². The number of aliphatic carboxylic acids is 1. The van der Waals surface area contributed by atoms with Crippen LogP contribution in [0.3, 0.4) is 0 Å². The van der Waals surface area contributed by atoms with E-state index in [9.17, 15) is 14.4 Å². The Labute approximate surface area is 177 Å². The van der Waals surface area contributed by atoms with E-state index in [4.69, 9.17) is 21.4 Å². The highest BCUT2D eigenvalue weighted by Gasteiger charge is 2.30. The Kier molecular flexibility index (Phi) is 7.28. The largest absolute Gasteiger partial charge is 0.490 e. The first kappa shape index (κ1) is 21.3. The summed E-state index contributed by atoms with van der Waals surface area (Å²) in [5.74, 6) is -0.658. The molecule has 29 heavy (non-hydrogen) atoms. The highest BCUT2D eigenvalue weighted by Crippen LogP contribution is 2.29. The van der Waals surface area contributed by atoms with Gasteiger partial charge in [0.25, 0.3) is 5.91 Å². The van der Waals surface area contributed by atoms with Gasteiger partial charge in [-0.3, -0.25) is 14.4 Å². The summed E-state index contributed by atoms with van der Waals surface area (Å²) in [6.45, 7) is 0.410. The molecule has 2 N–H and O–H groups in total. The van der Waals surface area contributed by atoms with Crippen molar-refractivity contribution in [3.63, 3.8) is 0 Å². The molecule has 0 unspecified atom stereocenters. The molecular formula is C21H22ClNO5S. The molecule has 1 saturated carbocycles. The van der Waals surface area contributed by atoms with E-state index in [1.165, 1.54) is 11.3 Å². The molecule has 0 spiro atoms. The van der Waals surface area contributed by atoms with Gasteiger partial charge in [-0.05, 0) is 62.1 Å². The number of carboxylic acids is 1. The topological polar surface area (TPSA) is 92.7 Å². The Morgan fingerprint density at radius 2 is 1.90 bits per heavy atom. The molecule has 1 heterocycles. The van der Waals surface area contributed by atoms with Gasteiger partial charge in [0.2, 0.25) is 0 Å². The minimum atomic E-state index is -0.771. The molecule has 0 aliphatic heterocycles. The van der Waals surface area contributed by atoms with E-state index in [1.807, 2.05) is 0 Å². The van der Waals surface area contributed by atoms with E-state index in [2.05, 4.69) is 5.32 Å². The molecule has 6 nitrogen and oxygen atoms in total. The molecule has 0 radical (unpaired) electrons. The first-order valence-corrected chi connectivity index (χ1v) is 10.7. The van der Waals surface area contributed by atoms with Crippen LogP contribution >= 0.6 is 22.9 Å². The lowest BCUT2D eigenvalue weighted by molar-refractivity contribution is -0.141. The zero-order valence-electron chi connectivity index (χ0n) is 15.7. The van der Waals surface area contributed by atoms with E-state index in [-0.39, 0.29) is 23.7 Å². The minimum absolute atomic E-state index is 0.00299. The molecule has 1 amide bonds. The van der Waals surface area contributed by atoms with Gasteiger partial charge in [0.15, 0.2) is 5.78 Å². The van der Waals surface area contributed by atoms with Crippen LogP contribution in [0, 0.1) is 5.92 Å². The van der Waals surface area contributed by atoms with Crippen molar-refractivity contribution in [1.29, 1.82) is 0 Å². The van der Waals surface area contributed by atoms with E-state index in [0.717, 1.165) is 6.42 Å². The Balaban J connectivity index is 1.40. The molecule has 3 rings (SSSR count). The van der Waals surface area contributed by atoms with Crippen LogP contribution in [-0.2, 0) is 4.79 Å². The normalized spacial score (nSPS) is 18.4. The molecule has 0 bridgehead atoms. The van der Waals surface area contributed by atoms with E-state index >= 15 is 0 Å². The van der Waals surface area contributed by atoms with Crippen molar-refractivity contribution < 1.29 is 24.2 Å². The fraction of sp³-hybridized carbons (Fsp3) is 0.381. The Bertz CT molecular complexity index is 879. The molecular weight excluding hydrogens is 414 g/mol. The second kappa shape index (κ2) is 9.89. The number of hydrogen-bond donors (Lipinski definition) is 2. The van der Waals surface area contributed by atoms with Crippen LogP contribution in [0.1, 0.15) is 52.1 Å². The number of halogens is 1. The number of carboxylic acid groups (broad SMARTS) is 1. The number of hydrogen-bond acceptors (Lipinski definition) is 5. The molecule has 1 fully saturated rings. The molecule has 1 aliphatic carbocycles.